The second-order valence-electron chi connectivity index (χ2n) is 7.88. The number of rotatable bonds is 5. The molecule has 4 rings (SSSR count). The van der Waals surface area contributed by atoms with E-state index in [1.54, 1.807) is 6.07 Å². The average molecular weight is 372 g/mol. The molecule has 0 bridgehead atoms. The van der Waals surface area contributed by atoms with Crippen LogP contribution >= 0.6 is 0 Å². The highest BCUT2D eigenvalue weighted by molar-refractivity contribution is 5.97. The lowest BCUT2D eigenvalue weighted by Gasteiger charge is -2.40. The van der Waals surface area contributed by atoms with Crippen LogP contribution < -0.4 is 4.74 Å². The fourth-order valence-corrected chi connectivity index (χ4v) is 4.21. The summed E-state index contributed by atoms with van der Waals surface area (Å²) in [6.07, 6.45) is 3.57. The number of para-hydroxylation sites is 1. The maximum absolute atomic E-state index is 13.3. The third kappa shape index (κ3) is 3.68. The van der Waals surface area contributed by atoms with E-state index in [0.717, 1.165) is 13.0 Å². The lowest BCUT2D eigenvalue weighted by atomic mass is 9.94. The van der Waals surface area contributed by atoms with Crippen molar-refractivity contribution in [2.24, 2.45) is 5.92 Å². The summed E-state index contributed by atoms with van der Waals surface area (Å²) in [5, 5.41) is 0. The Morgan fingerprint density at radius 1 is 1.33 bits per heavy atom. The number of ether oxygens (including phenoxy) is 2. The Bertz CT molecular complexity index is 710. The minimum absolute atomic E-state index is 0.0635. The molecule has 2 heterocycles. The first-order valence-corrected chi connectivity index (χ1v) is 10.0. The summed E-state index contributed by atoms with van der Waals surface area (Å²) in [7, 11) is 0. The molecule has 1 atom stereocenters. The van der Waals surface area contributed by atoms with Gasteiger partial charge in [-0.25, -0.2) is 0 Å². The quantitative estimate of drug-likeness (QED) is 0.796. The van der Waals surface area contributed by atoms with Gasteiger partial charge in [0.05, 0.1) is 24.3 Å². The summed E-state index contributed by atoms with van der Waals surface area (Å²) in [4.78, 5) is 30.1. The molecule has 0 aromatic heterocycles. The Kier molecular flexibility index (Phi) is 5.08. The van der Waals surface area contributed by atoms with E-state index in [4.69, 9.17) is 9.47 Å². The van der Waals surface area contributed by atoms with Crippen LogP contribution in [0.4, 0.5) is 0 Å². The molecule has 2 aliphatic heterocycles. The molecule has 1 spiro atoms. The summed E-state index contributed by atoms with van der Waals surface area (Å²) < 4.78 is 11.4. The van der Waals surface area contributed by atoms with Crippen LogP contribution in [-0.2, 0) is 9.53 Å². The molecule has 2 amide bonds. The van der Waals surface area contributed by atoms with Crippen molar-refractivity contribution in [1.82, 2.24) is 9.80 Å². The predicted molar refractivity (Wildman–Crippen MR) is 101 cm³/mol. The van der Waals surface area contributed by atoms with Gasteiger partial charge >= 0.3 is 0 Å². The highest BCUT2D eigenvalue weighted by atomic mass is 16.5. The maximum atomic E-state index is 13.3. The van der Waals surface area contributed by atoms with Gasteiger partial charge in [-0.3, -0.25) is 9.59 Å². The van der Waals surface area contributed by atoms with Gasteiger partial charge < -0.3 is 19.3 Å². The largest absolute Gasteiger partial charge is 0.493 e. The molecule has 0 radical (unpaired) electrons. The van der Waals surface area contributed by atoms with Crippen LogP contribution in [0.1, 0.15) is 43.0 Å². The molecule has 3 fully saturated rings. The van der Waals surface area contributed by atoms with Gasteiger partial charge in [-0.1, -0.05) is 12.1 Å². The monoisotopic (exact) mass is 372 g/mol. The number of nitrogens with zero attached hydrogens (tertiary/aromatic N) is 2. The Morgan fingerprint density at radius 2 is 2.15 bits per heavy atom. The van der Waals surface area contributed by atoms with Crippen molar-refractivity contribution in [2.45, 2.75) is 38.1 Å². The number of carbonyl (C=O) groups excluding carboxylic acids is 2. The van der Waals surface area contributed by atoms with Crippen molar-refractivity contribution in [1.29, 1.82) is 0 Å². The first-order valence-electron chi connectivity index (χ1n) is 10.0. The maximum Gasteiger partial charge on any atom is 0.257 e. The highest BCUT2D eigenvalue weighted by Gasteiger charge is 2.48. The van der Waals surface area contributed by atoms with E-state index in [-0.39, 0.29) is 17.4 Å². The molecule has 146 valence electrons. The Balaban J connectivity index is 1.60. The van der Waals surface area contributed by atoms with E-state index in [0.29, 0.717) is 56.6 Å². The van der Waals surface area contributed by atoms with Gasteiger partial charge in [-0.05, 0) is 44.2 Å². The van der Waals surface area contributed by atoms with Crippen LogP contribution in [0, 0.1) is 5.92 Å². The topological polar surface area (TPSA) is 59.1 Å². The van der Waals surface area contributed by atoms with Gasteiger partial charge in [-0.15, -0.1) is 0 Å². The highest BCUT2D eigenvalue weighted by Crippen LogP contribution is 2.37. The van der Waals surface area contributed by atoms with Gasteiger partial charge in [0.15, 0.2) is 0 Å². The van der Waals surface area contributed by atoms with Crippen LogP contribution in [0.25, 0.3) is 0 Å². The molecule has 27 heavy (non-hydrogen) atoms. The Hall–Kier alpha value is -2.08. The molecular weight excluding hydrogens is 344 g/mol. The first-order chi connectivity index (χ1) is 13.1. The SMILES string of the molecule is CCOc1ccccc1C(=O)N1CCC(=O)N(CC2CC2)C2(CCOC2)C1. The number of carbonyl (C=O) groups is 2. The molecule has 6 nitrogen and oxygen atoms in total. The standard InChI is InChI=1S/C21H28N2O4/c1-2-27-18-6-4-3-5-17(18)20(25)22-11-9-19(24)23(13-16-7-8-16)21(14-22)10-12-26-15-21/h3-6,16H,2,7-15H2,1H3. The van der Waals surface area contributed by atoms with Crippen LogP contribution in [0.2, 0.25) is 0 Å². The smallest absolute Gasteiger partial charge is 0.257 e. The second kappa shape index (κ2) is 7.50. The van der Waals surface area contributed by atoms with Crippen molar-refractivity contribution in [2.75, 3.05) is 39.5 Å². The van der Waals surface area contributed by atoms with Crippen molar-refractivity contribution in [3.8, 4) is 5.75 Å². The predicted octanol–water partition coefficient (Wildman–Crippen LogP) is 2.33. The Morgan fingerprint density at radius 3 is 2.85 bits per heavy atom. The molecule has 1 aliphatic carbocycles. The number of hydrogen-bond donors (Lipinski definition) is 0. The molecule has 2 saturated heterocycles. The lowest BCUT2D eigenvalue weighted by Crippen LogP contribution is -2.57. The normalized spacial score (nSPS) is 25.7. The van der Waals surface area contributed by atoms with Gasteiger partial charge in [0.25, 0.3) is 5.91 Å². The lowest BCUT2D eigenvalue weighted by molar-refractivity contribution is -0.136. The van der Waals surface area contributed by atoms with E-state index in [1.807, 2.05) is 34.9 Å². The van der Waals surface area contributed by atoms with Crippen molar-refractivity contribution >= 4 is 11.8 Å². The summed E-state index contributed by atoms with van der Waals surface area (Å²) in [6.45, 7) is 5.36. The summed E-state index contributed by atoms with van der Waals surface area (Å²) in [5.74, 6) is 1.31. The summed E-state index contributed by atoms with van der Waals surface area (Å²) >= 11 is 0. The zero-order valence-corrected chi connectivity index (χ0v) is 16.0. The zero-order chi connectivity index (χ0) is 18.9. The van der Waals surface area contributed by atoms with E-state index < -0.39 is 0 Å². The van der Waals surface area contributed by atoms with Gasteiger partial charge in [-0.2, -0.15) is 0 Å². The van der Waals surface area contributed by atoms with Crippen LogP contribution in [0.3, 0.4) is 0 Å². The fraction of sp³-hybridized carbons (Fsp3) is 0.619. The minimum atomic E-state index is -0.383. The van der Waals surface area contributed by atoms with E-state index in [2.05, 4.69) is 0 Å². The molecule has 6 heteroatoms. The molecular formula is C21H28N2O4. The number of hydrogen-bond acceptors (Lipinski definition) is 4. The minimum Gasteiger partial charge on any atom is -0.493 e. The van der Waals surface area contributed by atoms with Crippen LogP contribution in [0.15, 0.2) is 24.3 Å². The summed E-state index contributed by atoms with van der Waals surface area (Å²) in [6, 6.07) is 7.36. The van der Waals surface area contributed by atoms with Crippen molar-refractivity contribution < 1.29 is 19.1 Å². The van der Waals surface area contributed by atoms with Gasteiger partial charge in [0.2, 0.25) is 5.91 Å². The third-order valence-corrected chi connectivity index (χ3v) is 5.88. The third-order valence-electron chi connectivity index (χ3n) is 5.88. The fourth-order valence-electron chi connectivity index (χ4n) is 4.21. The molecule has 1 unspecified atom stereocenters. The van der Waals surface area contributed by atoms with Crippen molar-refractivity contribution in [3.63, 3.8) is 0 Å². The van der Waals surface area contributed by atoms with E-state index >= 15 is 0 Å². The van der Waals surface area contributed by atoms with Crippen LogP contribution in [0.5, 0.6) is 5.75 Å². The van der Waals surface area contributed by atoms with Crippen LogP contribution in [-0.4, -0.2) is 66.6 Å². The number of amides is 2. The second-order valence-corrected chi connectivity index (χ2v) is 7.88. The first kappa shape index (κ1) is 18.3. The Labute approximate surface area is 160 Å². The molecule has 1 saturated carbocycles. The molecule has 3 aliphatic rings. The van der Waals surface area contributed by atoms with E-state index in [1.165, 1.54) is 12.8 Å². The molecule has 1 aromatic carbocycles. The average Bonchev–Trinajstić information content (AvgIpc) is 3.41. The molecule has 1 aromatic rings. The van der Waals surface area contributed by atoms with E-state index in [9.17, 15) is 9.59 Å². The van der Waals surface area contributed by atoms with Gasteiger partial charge in [0.1, 0.15) is 5.75 Å². The molecule has 0 N–H and O–H groups in total. The number of benzene rings is 1. The summed E-state index contributed by atoms with van der Waals surface area (Å²) in [5.41, 5.74) is 0.184. The van der Waals surface area contributed by atoms with Gasteiger partial charge in [0, 0.05) is 32.7 Å². The van der Waals surface area contributed by atoms with Crippen molar-refractivity contribution in [3.05, 3.63) is 29.8 Å². The zero-order valence-electron chi connectivity index (χ0n) is 16.0.